The van der Waals surface area contributed by atoms with E-state index in [9.17, 15) is 14.7 Å². The van der Waals surface area contributed by atoms with E-state index in [1.165, 1.54) is 15.9 Å². The minimum atomic E-state index is -0.676. The summed E-state index contributed by atoms with van der Waals surface area (Å²) in [5.41, 5.74) is 10.3. The Bertz CT molecular complexity index is 1530. The predicted octanol–water partition coefficient (Wildman–Crippen LogP) is 1.99. The fourth-order valence-electron chi connectivity index (χ4n) is 5.47. The highest BCUT2D eigenvalue weighted by Gasteiger charge is 2.37. The number of hydrogen-bond acceptors (Lipinski definition) is 6. The van der Waals surface area contributed by atoms with Gasteiger partial charge in [0.25, 0.3) is 11.8 Å². The number of nitrogens with two attached hydrogens (primary N) is 1. The summed E-state index contributed by atoms with van der Waals surface area (Å²) in [5, 5.41) is 15.3. The minimum absolute atomic E-state index is 0.0830. The molecule has 4 aromatic heterocycles. The second-order valence-corrected chi connectivity index (χ2v) is 9.92. The normalized spacial score (nSPS) is 16.5. The van der Waals surface area contributed by atoms with E-state index in [1.807, 2.05) is 6.07 Å². The zero-order chi connectivity index (χ0) is 24.5. The summed E-state index contributed by atoms with van der Waals surface area (Å²) in [5.74, 6) is -0.461. The van der Waals surface area contributed by atoms with Gasteiger partial charge in [-0.3, -0.25) is 14.5 Å². The van der Waals surface area contributed by atoms with Crippen LogP contribution in [0.15, 0.2) is 36.7 Å². The number of aliphatic hydroxyl groups excluding tert-OH is 1. The average molecular weight is 472 g/mol. The molecular formula is C25H25N7O3. The molecule has 2 aliphatic rings. The first-order valence-corrected chi connectivity index (χ1v) is 11.5. The SMILES string of the molecule is CC1(C)Cc2cc3n(c2C1)CCN(c1nccc(-n2nc(C(N)=O)c4cccnc42)c1CO)C3=O. The van der Waals surface area contributed by atoms with Gasteiger partial charge in [0.1, 0.15) is 11.5 Å². The lowest BCUT2D eigenvalue weighted by atomic mass is 9.90. The third-order valence-electron chi connectivity index (χ3n) is 6.95. The van der Waals surface area contributed by atoms with Crippen molar-refractivity contribution in [3.8, 4) is 5.69 Å². The molecule has 0 fully saturated rings. The second-order valence-electron chi connectivity index (χ2n) is 9.92. The third-order valence-corrected chi connectivity index (χ3v) is 6.95. The molecule has 2 amide bonds. The quantitative estimate of drug-likeness (QED) is 0.468. The van der Waals surface area contributed by atoms with Gasteiger partial charge in [-0.25, -0.2) is 14.6 Å². The number of hydrogen-bond donors (Lipinski definition) is 2. The molecule has 0 aromatic carbocycles. The van der Waals surface area contributed by atoms with E-state index in [-0.39, 0.29) is 23.6 Å². The molecule has 3 N–H and O–H groups in total. The highest BCUT2D eigenvalue weighted by Crippen LogP contribution is 2.39. The van der Waals surface area contributed by atoms with Gasteiger partial charge in [0.15, 0.2) is 11.3 Å². The Kier molecular flexibility index (Phi) is 4.59. The fraction of sp³-hybridized carbons (Fsp3) is 0.320. The molecule has 10 nitrogen and oxygen atoms in total. The number of amides is 2. The van der Waals surface area contributed by atoms with E-state index in [4.69, 9.17) is 5.73 Å². The number of fused-ring (bicyclic) bond motifs is 4. The minimum Gasteiger partial charge on any atom is -0.391 e. The van der Waals surface area contributed by atoms with Crippen LogP contribution in [0, 0.1) is 5.41 Å². The first-order valence-electron chi connectivity index (χ1n) is 11.5. The van der Waals surface area contributed by atoms with Gasteiger partial charge >= 0.3 is 0 Å². The number of carbonyl (C=O) groups is 2. The van der Waals surface area contributed by atoms with E-state index in [0.29, 0.717) is 46.9 Å². The lowest BCUT2D eigenvalue weighted by Gasteiger charge is -2.30. The van der Waals surface area contributed by atoms with Gasteiger partial charge < -0.3 is 15.4 Å². The Hall–Kier alpha value is -4.05. The number of carbonyl (C=O) groups excluding carboxylic acids is 2. The van der Waals surface area contributed by atoms with Crippen LogP contribution in [0.1, 0.15) is 51.6 Å². The predicted molar refractivity (Wildman–Crippen MR) is 128 cm³/mol. The molecule has 0 bridgehead atoms. The molecule has 1 aliphatic heterocycles. The van der Waals surface area contributed by atoms with Crippen LogP contribution >= 0.6 is 0 Å². The number of aliphatic hydroxyl groups is 1. The number of anilines is 1. The maximum atomic E-state index is 13.6. The second kappa shape index (κ2) is 7.47. The van der Waals surface area contributed by atoms with Crippen LogP contribution in [0.3, 0.4) is 0 Å². The van der Waals surface area contributed by atoms with Gasteiger partial charge in [0.05, 0.1) is 17.7 Å². The smallest absolute Gasteiger partial charge is 0.276 e. The van der Waals surface area contributed by atoms with Crippen LogP contribution in [-0.4, -0.2) is 47.8 Å². The summed E-state index contributed by atoms with van der Waals surface area (Å²) in [4.78, 5) is 36.0. The molecule has 10 heteroatoms. The fourth-order valence-corrected chi connectivity index (χ4v) is 5.47. The van der Waals surface area contributed by atoms with Gasteiger partial charge in [-0.05, 0) is 48.1 Å². The van der Waals surface area contributed by atoms with Crippen molar-refractivity contribution in [1.29, 1.82) is 0 Å². The Balaban J connectivity index is 1.45. The van der Waals surface area contributed by atoms with Gasteiger partial charge in [-0.15, -0.1) is 0 Å². The van der Waals surface area contributed by atoms with Crippen molar-refractivity contribution in [2.75, 3.05) is 11.4 Å². The number of primary amides is 1. The summed E-state index contributed by atoms with van der Waals surface area (Å²) < 4.78 is 3.61. The number of rotatable bonds is 4. The standard InChI is InChI=1S/C25H25N7O3/c1-25(2)11-14-10-18-24(35)31(9-8-30(18)19(14)12-25)22-16(13-33)17(5-7-28-22)32-23-15(4-3-6-27-23)20(29-32)21(26)34/h3-7,10,33H,8-9,11-13H2,1-2H3,(H2,26,34). The maximum Gasteiger partial charge on any atom is 0.276 e. The molecule has 4 aromatic rings. The molecule has 0 unspecified atom stereocenters. The summed E-state index contributed by atoms with van der Waals surface area (Å²) in [6.07, 6.45) is 5.06. The Labute approximate surface area is 201 Å². The number of pyridine rings is 2. The average Bonchev–Trinajstić information content (AvgIpc) is 3.47. The molecule has 0 saturated heterocycles. The van der Waals surface area contributed by atoms with Gasteiger partial charge in [-0.1, -0.05) is 13.8 Å². The zero-order valence-electron chi connectivity index (χ0n) is 19.5. The monoisotopic (exact) mass is 471 g/mol. The molecule has 5 heterocycles. The van der Waals surface area contributed by atoms with E-state index in [2.05, 4.69) is 33.5 Å². The van der Waals surface area contributed by atoms with Crippen molar-refractivity contribution in [2.45, 2.75) is 39.8 Å². The van der Waals surface area contributed by atoms with E-state index >= 15 is 0 Å². The largest absolute Gasteiger partial charge is 0.391 e. The third kappa shape index (κ3) is 3.17. The van der Waals surface area contributed by atoms with Crippen molar-refractivity contribution < 1.29 is 14.7 Å². The van der Waals surface area contributed by atoms with E-state index in [1.54, 1.807) is 35.5 Å². The summed E-state index contributed by atoms with van der Waals surface area (Å²) >= 11 is 0. The van der Waals surface area contributed by atoms with Crippen LogP contribution in [0.5, 0.6) is 0 Å². The molecule has 6 rings (SSSR count). The topological polar surface area (TPSA) is 132 Å². The van der Waals surface area contributed by atoms with Gasteiger partial charge in [0, 0.05) is 36.7 Å². The van der Waals surface area contributed by atoms with Crippen LogP contribution in [0.2, 0.25) is 0 Å². The lowest BCUT2D eigenvalue weighted by molar-refractivity contribution is 0.0961. The first kappa shape index (κ1) is 21.5. The van der Waals surface area contributed by atoms with Crippen molar-refractivity contribution in [2.24, 2.45) is 11.1 Å². The Morgan fingerprint density at radius 2 is 2.00 bits per heavy atom. The van der Waals surface area contributed by atoms with Gasteiger partial charge in [0.2, 0.25) is 0 Å². The lowest BCUT2D eigenvalue weighted by Crippen LogP contribution is -2.41. The molecule has 0 spiro atoms. The zero-order valence-corrected chi connectivity index (χ0v) is 19.5. The molecule has 1 aliphatic carbocycles. The van der Waals surface area contributed by atoms with E-state index < -0.39 is 5.91 Å². The first-order chi connectivity index (χ1) is 16.8. The van der Waals surface area contributed by atoms with Gasteiger partial charge in [-0.2, -0.15) is 5.10 Å². The molecule has 0 saturated carbocycles. The molecule has 178 valence electrons. The van der Waals surface area contributed by atoms with Crippen molar-refractivity contribution in [3.05, 3.63) is 64.9 Å². The Morgan fingerprint density at radius 3 is 2.77 bits per heavy atom. The number of aromatic nitrogens is 5. The van der Waals surface area contributed by atoms with Crippen LogP contribution < -0.4 is 10.6 Å². The molecule has 0 atom stereocenters. The number of nitrogens with zero attached hydrogens (tertiary/aromatic N) is 6. The van der Waals surface area contributed by atoms with Crippen molar-refractivity contribution >= 4 is 28.7 Å². The summed E-state index contributed by atoms with van der Waals surface area (Å²) in [7, 11) is 0. The van der Waals surface area contributed by atoms with Crippen LogP contribution in [0.4, 0.5) is 5.82 Å². The molecular weight excluding hydrogens is 446 g/mol. The van der Waals surface area contributed by atoms with Crippen LogP contribution in [0.25, 0.3) is 16.7 Å². The summed E-state index contributed by atoms with van der Waals surface area (Å²) in [6, 6.07) is 7.10. The highest BCUT2D eigenvalue weighted by molar-refractivity contribution is 6.06. The van der Waals surface area contributed by atoms with E-state index in [0.717, 1.165) is 12.8 Å². The van der Waals surface area contributed by atoms with Crippen molar-refractivity contribution in [1.82, 2.24) is 24.3 Å². The highest BCUT2D eigenvalue weighted by atomic mass is 16.3. The Morgan fingerprint density at radius 1 is 1.17 bits per heavy atom. The summed E-state index contributed by atoms with van der Waals surface area (Å²) in [6.45, 7) is 5.20. The van der Waals surface area contributed by atoms with Crippen LogP contribution in [-0.2, 0) is 26.0 Å². The molecule has 35 heavy (non-hydrogen) atoms. The maximum absolute atomic E-state index is 13.6. The molecule has 0 radical (unpaired) electrons. The van der Waals surface area contributed by atoms with Crippen molar-refractivity contribution in [3.63, 3.8) is 0 Å².